The van der Waals surface area contributed by atoms with E-state index in [1.165, 1.54) is 33.6 Å². The maximum atomic E-state index is 14.5. The molecule has 0 bridgehead atoms. The molecule has 0 N–H and O–H groups in total. The molecular weight excluding hydrogens is 649 g/mol. The lowest BCUT2D eigenvalue weighted by molar-refractivity contribution is 0.0222. The second-order valence-corrected chi connectivity index (χ2v) is 18.6. The molecule has 2 aromatic carbocycles. The molecule has 0 radical (unpaired) electrons. The van der Waals surface area contributed by atoms with E-state index in [4.69, 9.17) is 24.2 Å². The highest BCUT2D eigenvalue weighted by atomic mass is 16.6. The van der Waals surface area contributed by atoms with E-state index in [2.05, 4.69) is 91.2 Å². The summed E-state index contributed by atoms with van der Waals surface area (Å²) in [6.07, 6.45) is 4.05. The minimum atomic E-state index is -1.47. The summed E-state index contributed by atoms with van der Waals surface area (Å²) in [5, 5.41) is 0. The molecule has 278 valence electrons. The van der Waals surface area contributed by atoms with Gasteiger partial charge in [-0.25, -0.2) is 14.8 Å². The average Bonchev–Trinajstić information content (AvgIpc) is 3.34. The molecule has 5 aliphatic rings. The Morgan fingerprint density at radius 1 is 0.635 bits per heavy atom. The lowest BCUT2D eigenvalue weighted by Gasteiger charge is -2.50. The van der Waals surface area contributed by atoms with Gasteiger partial charge in [0.15, 0.2) is 5.69 Å². The summed E-state index contributed by atoms with van der Waals surface area (Å²) >= 11 is 0. The second-order valence-electron chi connectivity index (χ2n) is 18.6. The van der Waals surface area contributed by atoms with Crippen molar-refractivity contribution < 1.29 is 19.0 Å². The summed E-state index contributed by atoms with van der Waals surface area (Å²) in [6, 6.07) is 4.64. The molecule has 52 heavy (non-hydrogen) atoms. The van der Waals surface area contributed by atoms with Crippen LogP contribution < -0.4 is 19.3 Å². The summed E-state index contributed by atoms with van der Waals surface area (Å²) in [6.45, 7) is 31.7. The van der Waals surface area contributed by atoms with Crippen molar-refractivity contribution in [3.63, 3.8) is 0 Å². The average molecular weight is 707 g/mol. The number of hydrogen-bond acceptors (Lipinski definition) is 8. The van der Waals surface area contributed by atoms with Gasteiger partial charge in [0.2, 0.25) is 5.60 Å². The van der Waals surface area contributed by atoms with Crippen LogP contribution in [0, 0.1) is 13.8 Å². The first kappa shape index (κ1) is 35.2. The third-order valence-electron chi connectivity index (χ3n) is 13.4. The maximum Gasteiger partial charge on any atom is 0.360 e. The quantitative estimate of drug-likeness (QED) is 0.236. The van der Waals surface area contributed by atoms with Crippen molar-refractivity contribution in [2.75, 3.05) is 49.2 Å². The summed E-state index contributed by atoms with van der Waals surface area (Å²) in [7, 11) is 0. The van der Waals surface area contributed by atoms with Crippen molar-refractivity contribution in [2.45, 2.75) is 136 Å². The van der Waals surface area contributed by atoms with Gasteiger partial charge >= 0.3 is 5.97 Å². The molecule has 6 heterocycles. The first-order chi connectivity index (χ1) is 24.4. The molecule has 0 amide bonds. The lowest BCUT2D eigenvalue weighted by atomic mass is 9.65. The van der Waals surface area contributed by atoms with Crippen LogP contribution in [0.5, 0.6) is 11.5 Å². The van der Waals surface area contributed by atoms with Gasteiger partial charge in [-0.3, -0.25) is 0 Å². The predicted octanol–water partition coefficient (Wildman–Crippen LogP) is 8.69. The molecule has 1 aromatic heterocycles. The Bertz CT molecular complexity index is 1920. The smallest absolute Gasteiger partial charge is 0.360 e. The highest BCUT2D eigenvalue weighted by Gasteiger charge is 2.58. The first-order valence-electron chi connectivity index (χ1n) is 19.7. The van der Waals surface area contributed by atoms with Gasteiger partial charge < -0.3 is 24.0 Å². The highest BCUT2D eigenvalue weighted by molar-refractivity contribution is 5.95. The molecule has 5 aliphatic heterocycles. The molecule has 0 saturated carbocycles. The number of nitrogens with zero attached hydrogens (tertiary/aromatic N) is 4. The van der Waals surface area contributed by atoms with Crippen molar-refractivity contribution in [1.29, 1.82) is 0 Å². The fourth-order valence-electron chi connectivity index (χ4n) is 9.95. The van der Waals surface area contributed by atoms with Crippen LogP contribution in [0.4, 0.5) is 11.4 Å². The summed E-state index contributed by atoms with van der Waals surface area (Å²) < 4.78 is 20.9. The van der Waals surface area contributed by atoms with Crippen LogP contribution in [0.2, 0.25) is 0 Å². The number of aryl methyl sites for hydroxylation is 2. The standard InChI is InChI=1S/C44H58N4O4/c1-13-50-36-29(23-27-34-31(36)42(9,10)17-21-47(34)19-15-40(27,5)6)44(38-33(39(49)52-44)45-25(3)26(4)46-38)30-24-28-35-32(37(30)51-14-2)43(11,12)18-22-48(35)20-16-41(28,7)8/h23-24H,13-22H2,1-12H3. The number of rotatable bonds is 6. The molecule has 0 unspecified atom stereocenters. The van der Waals surface area contributed by atoms with Gasteiger partial charge in [-0.1, -0.05) is 55.4 Å². The number of fused-ring (bicyclic) bond motifs is 1. The summed E-state index contributed by atoms with van der Waals surface area (Å²) in [5.74, 6) is 1.13. The largest absolute Gasteiger partial charge is 0.493 e. The zero-order valence-electron chi connectivity index (χ0n) is 33.6. The Labute approximate surface area is 310 Å². The van der Waals surface area contributed by atoms with Crippen LogP contribution in [0.15, 0.2) is 12.1 Å². The Morgan fingerprint density at radius 2 is 1.04 bits per heavy atom. The number of anilines is 2. The van der Waals surface area contributed by atoms with Gasteiger partial charge in [0.1, 0.15) is 17.2 Å². The summed E-state index contributed by atoms with van der Waals surface area (Å²) in [4.78, 5) is 29.9. The van der Waals surface area contributed by atoms with Crippen molar-refractivity contribution in [2.24, 2.45) is 0 Å². The van der Waals surface area contributed by atoms with Gasteiger partial charge in [0, 0.05) is 59.8 Å². The Morgan fingerprint density at radius 3 is 1.46 bits per heavy atom. The van der Waals surface area contributed by atoms with Crippen molar-refractivity contribution in [3.05, 3.63) is 68.3 Å². The number of carbonyl (C=O) groups excluding carboxylic acids is 1. The third kappa shape index (κ3) is 4.73. The Hall–Kier alpha value is -3.81. The fourth-order valence-corrected chi connectivity index (χ4v) is 9.95. The van der Waals surface area contributed by atoms with Gasteiger partial charge in [-0.15, -0.1) is 0 Å². The number of esters is 1. The SMILES string of the molecule is CCOc1c(C2(c3cc4c5c(c3OCC)C(C)(C)CCN5CCC4(C)C)OC(=O)c3nc(C)c(C)nc32)cc2c3c1C(C)(C)CCN3CCC2(C)C. The molecule has 0 fully saturated rings. The van der Waals surface area contributed by atoms with Crippen molar-refractivity contribution in [3.8, 4) is 11.5 Å². The van der Waals surface area contributed by atoms with E-state index in [0.29, 0.717) is 18.9 Å². The molecule has 0 spiro atoms. The molecule has 8 rings (SSSR count). The monoisotopic (exact) mass is 706 g/mol. The third-order valence-corrected chi connectivity index (χ3v) is 13.4. The van der Waals surface area contributed by atoms with Gasteiger partial charge in [0.05, 0.1) is 24.6 Å². The van der Waals surface area contributed by atoms with Gasteiger partial charge in [-0.05, 0) is 98.3 Å². The molecule has 8 heteroatoms. The molecule has 0 saturated heterocycles. The van der Waals surface area contributed by atoms with Crippen molar-refractivity contribution >= 4 is 17.3 Å². The number of carbonyl (C=O) groups is 1. The van der Waals surface area contributed by atoms with E-state index in [1.54, 1.807) is 0 Å². The van der Waals surface area contributed by atoms with Crippen LogP contribution in [-0.2, 0) is 32.0 Å². The van der Waals surface area contributed by atoms with Gasteiger partial charge in [0.25, 0.3) is 0 Å². The zero-order valence-corrected chi connectivity index (χ0v) is 33.6. The minimum absolute atomic E-state index is 0.121. The first-order valence-corrected chi connectivity index (χ1v) is 19.7. The van der Waals surface area contributed by atoms with Crippen LogP contribution >= 0.6 is 0 Å². The van der Waals surface area contributed by atoms with E-state index in [-0.39, 0.29) is 27.4 Å². The van der Waals surface area contributed by atoms with Crippen molar-refractivity contribution in [1.82, 2.24) is 9.97 Å². The number of aromatic nitrogens is 2. The number of hydrogen-bond donors (Lipinski definition) is 0. The molecule has 0 atom stereocenters. The Balaban J connectivity index is 1.61. The van der Waals surface area contributed by atoms with E-state index < -0.39 is 11.6 Å². The molecule has 0 aliphatic carbocycles. The second kappa shape index (κ2) is 11.3. The zero-order chi connectivity index (χ0) is 37.3. The summed E-state index contributed by atoms with van der Waals surface area (Å²) in [5.41, 5.74) is 9.36. The minimum Gasteiger partial charge on any atom is -0.493 e. The van der Waals surface area contributed by atoms with E-state index >= 15 is 0 Å². The van der Waals surface area contributed by atoms with Crippen LogP contribution in [0.25, 0.3) is 0 Å². The van der Waals surface area contributed by atoms with E-state index in [1.807, 2.05) is 13.8 Å². The van der Waals surface area contributed by atoms with Crippen LogP contribution in [-0.4, -0.2) is 55.3 Å². The predicted molar refractivity (Wildman–Crippen MR) is 207 cm³/mol. The molecular formula is C44H58N4O4. The maximum absolute atomic E-state index is 14.5. The van der Waals surface area contributed by atoms with Crippen LogP contribution in [0.1, 0.15) is 156 Å². The molecule has 8 nitrogen and oxygen atoms in total. The topological polar surface area (TPSA) is 77.0 Å². The normalized spacial score (nSPS) is 22.3. The lowest BCUT2D eigenvalue weighted by Crippen LogP contribution is -2.46. The number of ether oxygens (including phenoxy) is 3. The number of cyclic esters (lactones) is 1. The molecule has 3 aromatic rings. The van der Waals surface area contributed by atoms with E-state index in [9.17, 15) is 4.79 Å². The number of benzene rings is 2. The Kier molecular flexibility index (Phi) is 7.69. The van der Waals surface area contributed by atoms with E-state index in [0.717, 1.165) is 85.9 Å². The highest BCUT2D eigenvalue weighted by Crippen LogP contribution is 2.62. The fraction of sp³-hybridized carbons (Fsp3) is 0.614. The van der Waals surface area contributed by atoms with Crippen LogP contribution in [0.3, 0.4) is 0 Å². The van der Waals surface area contributed by atoms with Gasteiger partial charge in [-0.2, -0.15) is 0 Å².